The number of aromatic nitrogens is 4. The van der Waals surface area contributed by atoms with Crippen LogP contribution in [0.25, 0.3) is 5.82 Å². The van der Waals surface area contributed by atoms with Gasteiger partial charge in [-0.1, -0.05) is 6.07 Å². The second-order valence-corrected chi connectivity index (χ2v) is 4.48. The first-order chi connectivity index (χ1) is 10.8. The van der Waals surface area contributed by atoms with Crippen LogP contribution in [0.15, 0.2) is 61.2 Å². The van der Waals surface area contributed by atoms with Gasteiger partial charge >= 0.3 is 6.03 Å². The van der Waals surface area contributed by atoms with Gasteiger partial charge in [0.25, 0.3) is 0 Å². The Morgan fingerprint density at radius 3 is 2.73 bits per heavy atom. The lowest BCUT2D eigenvalue weighted by atomic mass is 10.3. The molecular formula is C15H14N6O. The minimum absolute atomic E-state index is 0.306. The fourth-order valence-corrected chi connectivity index (χ4v) is 1.85. The van der Waals surface area contributed by atoms with Gasteiger partial charge < -0.3 is 10.6 Å². The molecule has 0 spiro atoms. The number of carbonyl (C=O) groups excluding carboxylic acids is 1. The lowest BCUT2D eigenvalue weighted by Gasteiger charge is -2.07. The first-order valence-corrected chi connectivity index (χ1v) is 6.72. The molecular weight excluding hydrogens is 280 g/mol. The van der Waals surface area contributed by atoms with Crippen LogP contribution in [0, 0.1) is 0 Å². The summed E-state index contributed by atoms with van der Waals surface area (Å²) in [4.78, 5) is 20.2. The highest BCUT2D eigenvalue weighted by Crippen LogP contribution is 2.08. The van der Waals surface area contributed by atoms with Crippen molar-refractivity contribution in [2.24, 2.45) is 0 Å². The number of urea groups is 1. The maximum absolute atomic E-state index is 11.8. The number of pyridine rings is 2. The van der Waals surface area contributed by atoms with Crippen molar-refractivity contribution < 1.29 is 4.79 Å². The Morgan fingerprint density at radius 2 is 2.05 bits per heavy atom. The van der Waals surface area contributed by atoms with Crippen LogP contribution in [0.4, 0.5) is 10.5 Å². The Hall–Kier alpha value is -3.22. The highest BCUT2D eigenvalue weighted by Gasteiger charge is 2.03. The molecule has 0 unspecified atom stereocenters. The van der Waals surface area contributed by atoms with Crippen LogP contribution in [0.1, 0.15) is 5.69 Å². The third-order valence-corrected chi connectivity index (χ3v) is 2.90. The molecule has 0 fully saturated rings. The first kappa shape index (κ1) is 13.7. The van der Waals surface area contributed by atoms with E-state index in [0.717, 1.165) is 5.69 Å². The van der Waals surface area contributed by atoms with E-state index in [1.807, 2.05) is 24.3 Å². The van der Waals surface area contributed by atoms with Gasteiger partial charge in [0.1, 0.15) is 0 Å². The Labute approximate surface area is 127 Å². The molecule has 0 saturated carbocycles. The van der Waals surface area contributed by atoms with Crippen molar-refractivity contribution in [2.75, 3.05) is 5.32 Å². The highest BCUT2D eigenvalue weighted by atomic mass is 16.2. The number of nitrogens with zero attached hydrogens (tertiary/aromatic N) is 4. The predicted molar refractivity (Wildman–Crippen MR) is 81.5 cm³/mol. The molecule has 0 aliphatic heterocycles. The monoisotopic (exact) mass is 294 g/mol. The lowest BCUT2D eigenvalue weighted by Crippen LogP contribution is -2.28. The molecule has 0 bridgehead atoms. The van der Waals surface area contributed by atoms with Gasteiger partial charge in [0.15, 0.2) is 5.82 Å². The van der Waals surface area contributed by atoms with E-state index in [-0.39, 0.29) is 6.03 Å². The third kappa shape index (κ3) is 3.45. The molecule has 110 valence electrons. The molecule has 0 atom stereocenters. The minimum atomic E-state index is -0.306. The molecule has 3 rings (SSSR count). The normalized spacial score (nSPS) is 10.2. The summed E-state index contributed by atoms with van der Waals surface area (Å²) in [7, 11) is 0. The molecule has 7 heteroatoms. The second kappa shape index (κ2) is 6.49. The summed E-state index contributed by atoms with van der Waals surface area (Å²) in [5.41, 5.74) is 1.40. The van der Waals surface area contributed by atoms with Crippen LogP contribution in [-0.4, -0.2) is 25.8 Å². The van der Waals surface area contributed by atoms with Crippen molar-refractivity contribution in [3.8, 4) is 5.82 Å². The predicted octanol–water partition coefficient (Wildman–Crippen LogP) is 1.98. The van der Waals surface area contributed by atoms with E-state index in [1.165, 1.54) is 0 Å². The summed E-state index contributed by atoms with van der Waals surface area (Å²) >= 11 is 0. The SMILES string of the molecule is O=C(NCc1ccccn1)Nc1ccc(-n2cccn2)nc1. The zero-order valence-corrected chi connectivity index (χ0v) is 11.7. The Morgan fingerprint density at radius 1 is 1.09 bits per heavy atom. The van der Waals surface area contributed by atoms with E-state index >= 15 is 0 Å². The summed E-state index contributed by atoms with van der Waals surface area (Å²) in [5, 5.41) is 9.53. The smallest absolute Gasteiger partial charge is 0.319 e. The molecule has 2 N–H and O–H groups in total. The van der Waals surface area contributed by atoms with Gasteiger partial charge in [-0.25, -0.2) is 14.5 Å². The topological polar surface area (TPSA) is 84.7 Å². The molecule has 7 nitrogen and oxygen atoms in total. The number of anilines is 1. The van der Waals surface area contributed by atoms with Crippen molar-refractivity contribution >= 4 is 11.7 Å². The van der Waals surface area contributed by atoms with Crippen LogP contribution < -0.4 is 10.6 Å². The Bertz CT molecular complexity index is 724. The zero-order chi connectivity index (χ0) is 15.2. The first-order valence-electron chi connectivity index (χ1n) is 6.72. The van der Waals surface area contributed by atoms with Crippen LogP contribution in [0.3, 0.4) is 0 Å². The van der Waals surface area contributed by atoms with Crippen LogP contribution >= 0.6 is 0 Å². The number of rotatable bonds is 4. The molecule has 3 heterocycles. The summed E-state index contributed by atoms with van der Waals surface area (Å²) in [6, 6.07) is 10.6. The van der Waals surface area contributed by atoms with E-state index in [2.05, 4.69) is 25.7 Å². The summed E-state index contributed by atoms with van der Waals surface area (Å²) < 4.78 is 1.64. The van der Waals surface area contributed by atoms with E-state index in [1.54, 1.807) is 41.6 Å². The van der Waals surface area contributed by atoms with Crippen LogP contribution in [0.5, 0.6) is 0 Å². The van der Waals surface area contributed by atoms with E-state index in [0.29, 0.717) is 18.1 Å². The Balaban J connectivity index is 1.55. The van der Waals surface area contributed by atoms with Crippen LogP contribution in [0.2, 0.25) is 0 Å². The van der Waals surface area contributed by atoms with Crippen molar-refractivity contribution in [1.29, 1.82) is 0 Å². The summed E-state index contributed by atoms with van der Waals surface area (Å²) in [6.07, 6.45) is 6.75. The van der Waals surface area contributed by atoms with Gasteiger partial charge in [0.05, 0.1) is 24.1 Å². The molecule has 0 aliphatic rings. The quantitative estimate of drug-likeness (QED) is 0.770. The summed E-state index contributed by atoms with van der Waals surface area (Å²) in [5.74, 6) is 0.685. The fourth-order valence-electron chi connectivity index (χ4n) is 1.85. The largest absolute Gasteiger partial charge is 0.332 e. The molecule has 3 aromatic heterocycles. The minimum Gasteiger partial charge on any atom is -0.332 e. The van der Waals surface area contributed by atoms with Gasteiger partial charge in [0.2, 0.25) is 0 Å². The number of amides is 2. The standard InChI is InChI=1S/C15H14N6O/c22-15(18-10-12-4-1-2-7-16-12)20-13-5-6-14(17-11-13)21-9-3-8-19-21/h1-9,11H,10H2,(H2,18,20,22). The number of hydrogen-bond acceptors (Lipinski definition) is 4. The third-order valence-electron chi connectivity index (χ3n) is 2.90. The van der Waals surface area contributed by atoms with E-state index < -0.39 is 0 Å². The van der Waals surface area contributed by atoms with Gasteiger partial charge in [-0.2, -0.15) is 5.10 Å². The molecule has 0 saturated heterocycles. The molecule has 0 radical (unpaired) electrons. The fraction of sp³-hybridized carbons (Fsp3) is 0.0667. The average Bonchev–Trinajstić information content (AvgIpc) is 3.09. The molecule has 3 aromatic rings. The molecule has 22 heavy (non-hydrogen) atoms. The molecule has 2 amide bonds. The lowest BCUT2D eigenvalue weighted by molar-refractivity contribution is 0.251. The molecule has 0 aromatic carbocycles. The van der Waals surface area contributed by atoms with E-state index in [9.17, 15) is 4.79 Å². The van der Waals surface area contributed by atoms with Crippen molar-refractivity contribution in [2.45, 2.75) is 6.54 Å². The van der Waals surface area contributed by atoms with Gasteiger partial charge in [-0.3, -0.25) is 4.98 Å². The van der Waals surface area contributed by atoms with E-state index in [4.69, 9.17) is 0 Å². The van der Waals surface area contributed by atoms with Crippen molar-refractivity contribution in [1.82, 2.24) is 25.1 Å². The van der Waals surface area contributed by atoms with Crippen molar-refractivity contribution in [3.63, 3.8) is 0 Å². The highest BCUT2D eigenvalue weighted by molar-refractivity contribution is 5.88. The van der Waals surface area contributed by atoms with Gasteiger partial charge in [0, 0.05) is 18.6 Å². The maximum Gasteiger partial charge on any atom is 0.319 e. The average molecular weight is 294 g/mol. The molecule has 0 aliphatic carbocycles. The zero-order valence-electron chi connectivity index (χ0n) is 11.7. The summed E-state index contributed by atoms with van der Waals surface area (Å²) in [6.45, 7) is 0.367. The van der Waals surface area contributed by atoms with Gasteiger partial charge in [-0.05, 0) is 30.3 Å². The van der Waals surface area contributed by atoms with Gasteiger partial charge in [-0.15, -0.1) is 0 Å². The van der Waals surface area contributed by atoms with Crippen LogP contribution in [-0.2, 0) is 6.54 Å². The maximum atomic E-state index is 11.8. The van der Waals surface area contributed by atoms with Crippen molar-refractivity contribution in [3.05, 3.63) is 66.9 Å². The second-order valence-electron chi connectivity index (χ2n) is 4.48. The number of carbonyl (C=O) groups is 1. The number of hydrogen-bond donors (Lipinski definition) is 2. The number of nitrogens with one attached hydrogen (secondary N) is 2. The Kier molecular flexibility index (Phi) is 4.05.